The van der Waals surface area contributed by atoms with Gasteiger partial charge >= 0.3 is 0 Å². The molecule has 224 valence electrons. The first kappa shape index (κ1) is 31.5. The molecule has 4 N–H and O–H groups in total. The van der Waals surface area contributed by atoms with E-state index in [9.17, 15) is 14.7 Å². The van der Waals surface area contributed by atoms with Crippen LogP contribution in [0.4, 0.5) is 0 Å². The molecule has 0 aliphatic rings. The molecule has 0 bridgehead atoms. The number of aryl methyl sites for hydroxylation is 1. The van der Waals surface area contributed by atoms with Gasteiger partial charge in [0.25, 0.3) is 5.91 Å². The molecule has 4 atom stereocenters. The van der Waals surface area contributed by atoms with Gasteiger partial charge in [-0.2, -0.15) is 0 Å². The summed E-state index contributed by atoms with van der Waals surface area (Å²) in [6.45, 7) is 6.27. The molecule has 0 saturated heterocycles. The second kappa shape index (κ2) is 14.6. The molecule has 0 aliphatic heterocycles. The third-order valence-electron chi connectivity index (χ3n) is 7.94. The van der Waals surface area contributed by atoms with E-state index in [-0.39, 0.29) is 30.1 Å². The number of primary amides is 1. The van der Waals surface area contributed by atoms with E-state index in [0.29, 0.717) is 12.0 Å². The van der Waals surface area contributed by atoms with Crippen molar-refractivity contribution in [2.24, 2.45) is 5.73 Å². The number of hydrogen-bond donors (Lipinski definition) is 3. The number of aliphatic hydroxyl groups excluding tert-OH is 1. The van der Waals surface area contributed by atoms with Crippen molar-refractivity contribution in [2.45, 2.75) is 51.4 Å². The first-order valence-corrected chi connectivity index (χ1v) is 14.6. The largest absolute Gasteiger partial charge is 0.497 e. The predicted molar refractivity (Wildman–Crippen MR) is 170 cm³/mol. The Morgan fingerprint density at radius 2 is 1.49 bits per heavy atom. The molecular formula is C36H41N3O4. The zero-order valence-electron chi connectivity index (χ0n) is 25.2. The predicted octanol–water partition coefficient (Wildman–Crippen LogP) is 5.63. The van der Waals surface area contributed by atoms with Crippen LogP contribution in [0.15, 0.2) is 103 Å². The van der Waals surface area contributed by atoms with Gasteiger partial charge in [0.05, 0.1) is 25.3 Å². The summed E-state index contributed by atoms with van der Waals surface area (Å²) < 4.78 is 5.28. The molecule has 4 rings (SSSR count). The Kier molecular flexibility index (Phi) is 10.7. The Morgan fingerprint density at radius 1 is 0.860 bits per heavy atom. The Morgan fingerprint density at radius 3 is 2.12 bits per heavy atom. The highest BCUT2D eigenvalue weighted by Gasteiger charge is 2.35. The molecule has 0 heterocycles. The highest BCUT2D eigenvalue weighted by molar-refractivity contribution is 5.99. The Balaban J connectivity index is 1.71. The fourth-order valence-electron chi connectivity index (χ4n) is 5.29. The minimum atomic E-state index is -0.919. The van der Waals surface area contributed by atoms with Gasteiger partial charge in [0.1, 0.15) is 5.75 Å². The lowest BCUT2D eigenvalue weighted by atomic mass is 9.94. The average molecular weight is 580 g/mol. The lowest BCUT2D eigenvalue weighted by molar-refractivity contribution is 0.0215. The van der Waals surface area contributed by atoms with Crippen LogP contribution >= 0.6 is 0 Å². The van der Waals surface area contributed by atoms with Gasteiger partial charge in [-0.25, -0.2) is 0 Å². The highest BCUT2D eigenvalue weighted by atomic mass is 16.5. The summed E-state index contributed by atoms with van der Waals surface area (Å²) in [6.07, 6.45) is -0.491. The zero-order chi connectivity index (χ0) is 30.9. The number of nitrogens with zero attached hydrogens (tertiary/aromatic N) is 1. The van der Waals surface area contributed by atoms with Crippen molar-refractivity contribution in [3.8, 4) is 5.75 Å². The molecule has 0 spiro atoms. The molecule has 0 unspecified atom stereocenters. The van der Waals surface area contributed by atoms with Gasteiger partial charge in [0.2, 0.25) is 5.91 Å². The summed E-state index contributed by atoms with van der Waals surface area (Å²) in [6, 6.07) is 31.1. The van der Waals surface area contributed by atoms with E-state index in [2.05, 4.69) is 5.32 Å². The van der Waals surface area contributed by atoms with Crippen molar-refractivity contribution in [1.82, 2.24) is 10.2 Å². The molecule has 7 heteroatoms. The number of amides is 2. The number of nitrogens with one attached hydrogen (secondary N) is 1. The summed E-state index contributed by atoms with van der Waals surface area (Å²) in [5.74, 6) is -0.122. The first-order chi connectivity index (χ1) is 20.7. The molecule has 0 fully saturated rings. The average Bonchev–Trinajstić information content (AvgIpc) is 3.03. The van der Waals surface area contributed by atoms with Crippen LogP contribution < -0.4 is 15.8 Å². The molecule has 7 nitrogen and oxygen atoms in total. The van der Waals surface area contributed by atoms with Gasteiger partial charge < -0.3 is 25.8 Å². The number of hydrogen-bond acceptors (Lipinski definition) is 5. The molecule has 0 radical (unpaired) electrons. The second-order valence-electron chi connectivity index (χ2n) is 11.0. The number of aliphatic hydroxyl groups is 1. The molecule has 4 aromatic carbocycles. The van der Waals surface area contributed by atoms with Crippen molar-refractivity contribution in [2.75, 3.05) is 13.7 Å². The first-order valence-electron chi connectivity index (χ1n) is 14.6. The maximum atomic E-state index is 14.4. The van der Waals surface area contributed by atoms with E-state index < -0.39 is 18.1 Å². The number of carbonyl (C=O) groups is 2. The number of benzene rings is 4. The lowest BCUT2D eigenvalue weighted by Gasteiger charge is -2.40. The van der Waals surface area contributed by atoms with E-state index in [1.165, 1.54) is 6.07 Å². The third-order valence-corrected chi connectivity index (χ3v) is 7.94. The molecule has 0 aromatic heterocycles. The number of ether oxygens (including phenoxy) is 1. The fourth-order valence-corrected chi connectivity index (χ4v) is 5.29. The van der Waals surface area contributed by atoms with Crippen LogP contribution in [-0.2, 0) is 6.42 Å². The Bertz CT molecular complexity index is 1490. The maximum absolute atomic E-state index is 14.4. The van der Waals surface area contributed by atoms with Gasteiger partial charge in [0.15, 0.2) is 0 Å². The number of carbonyl (C=O) groups excluding carboxylic acids is 2. The normalized spacial score (nSPS) is 13.9. The van der Waals surface area contributed by atoms with E-state index in [4.69, 9.17) is 10.5 Å². The number of rotatable bonds is 13. The third kappa shape index (κ3) is 8.09. The van der Waals surface area contributed by atoms with Crippen molar-refractivity contribution in [1.29, 1.82) is 0 Å². The molecule has 0 saturated carbocycles. The van der Waals surface area contributed by atoms with Gasteiger partial charge in [-0.3, -0.25) is 9.59 Å². The van der Waals surface area contributed by atoms with E-state index in [0.717, 1.165) is 28.0 Å². The van der Waals surface area contributed by atoms with Crippen LogP contribution in [0, 0.1) is 6.92 Å². The summed E-state index contributed by atoms with van der Waals surface area (Å²) >= 11 is 0. The van der Waals surface area contributed by atoms with E-state index >= 15 is 0 Å². The number of methoxy groups -OCH3 is 1. The molecule has 43 heavy (non-hydrogen) atoms. The summed E-state index contributed by atoms with van der Waals surface area (Å²) in [4.78, 5) is 28.1. The van der Waals surface area contributed by atoms with Gasteiger partial charge in [-0.05, 0) is 74.2 Å². The quantitative estimate of drug-likeness (QED) is 0.191. The topological polar surface area (TPSA) is 105 Å². The SMILES string of the molecule is COc1ccc([C@@H](C)NC[C@@H](O)[C@H](Cc2ccccc2)N(C(=O)c2cccc(C(N)=O)c2)[C@H](C)c2ccc(C)cc2)cc1. The molecule has 0 aliphatic carbocycles. The van der Waals surface area contributed by atoms with Crippen LogP contribution in [0.1, 0.15) is 68.9 Å². The second-order valence-corrected chi connectivity index (χ2v) is 11.0. The van der Waals surface area contributed by atoms with Crippen LogP contribution in [0.3, 0.4) is 0 Å². The molecule has 2 amide bonds. The maximum Gasteiger partial charge on any atom is 0.254 e. The van der Waals surface area contributed by atoms with Crippen LogP contribution in [0.2, 0.25) is 0 Å². The van der Waals surface area contributed by atoms with Crippen molar-refractivity contribution < 1.29 is 19.4 Å². The standard InChI is InChI=1S/C36H41N3O4/c1-24-13-15-29(16-14-24)26(3)39(36(42)31-12-8-11-30(22-31)35(37)41)33(21-27-9-6-5-7-10-27)34(40)23-38-25(2)28-17-19-32(43-4)20-18-28/h5-20,22,25-26,33-34,38,40H,21,23H2,1-4H3,(H2,37,41)/t25-,26-,33+,34-/m1/s1. The van der Waals surface area contributed by atoms with Crippen molar-refractivity contribution >= 4 is 11.8 Å². The summed E-state index contributed by atoms with van der Waals surface area (Å²) in [5.41, 5.74) is 10.2. The van der Waals surface area contributed by atoms with Gasteiger partial charge in [0, 0.05) is 23.7 Å². The minimum absolute atomic E-state index is 0.0520. The Hall–Kier alpha value is -4.46. The number of nitrogens with two attached hydrogens (primary N) is 1. The smallest absolute Gasteiger partial charge is 0.254 e. The minimum Gasteiger partial charge on any atom is -0.497 e. The van der Waals surface area contributed by atoms with Crippen LogP contribution in [-0.4, -0.2) is 47.6 Å². The lowest BCUT2D eigenvalue weighted by Crippen LogP contribution is -2.52. The van der Waals surface area contributed by atoms with Crippen LogP contribution in [0.5, 0.6) is 5.75 Å². The fraction of sp³-hybridized carbons (Fsp3) is 0.278. The Labute approximate surface area is 254 Å². The molecular weight excluding hydrogens is 538 g/mol. The molecule has 4 aromatic rings. The zero-order valence-corrected chi connectivity index (χ0v) is 25.2. The van der Waals surface area contributed by atoms with E-state index in [1.807, 2.05) is 99.6 Å². The van der Waals surface area contributed by atoms with E-state index in [1.54, 1.807) is 30.2 Å². The highest BCUT2D eigenvalue weighted by Crippen LogP contribution is 2.29. The van der Waals surface area contributed by atoms with Crippen LogP contribution in [0.25, 0.3) is 0 Å². The van der Waals surface area contributed by atoms with Gasteiger partial charge in [-0.15, -0.1) is 0 Å². The van der Waals surface area contributed by atoms with Crippen molar-refractivity contribution in [3.05, 3.63) is 137 Å². The van der Waals surface area contributed by atoms with Gasteiger partial charge in [-0.1, -0.05) is 78.4 Å². The van der Waals surface area contributed by atoms with Crippen molar-refractivity contribution in [3.63, 3.8) is 0 Å². The monoisotopic (exact) mass is 579 g/mol. The summed E-state index contributed by atoms with van der Waals surface area (Å²) in [7, 11) is 1.63. The summed E-state index contributed by atoms with van der Waals surface area (Å²) in [5, 5.41) is 15.3.